The van der Waals surface area contributed by atoms with Gasteiger partial charge in [0.2, 0.25) is 5.91 Å². The zero-order valence-corrected chi connectivity index (χ0v) is 21.1. The maximum atomic E-state index is 11.1. The number of aryl methyl sites for hydroxylation is 3. The van der Waals surface area contributed by atoms with Gasteiger partial charge in [-0.2, -0.15) is 0 Å². The second-order valence-electron chi connectivity index (χ2n) is 8.55. The van der Waals surface area contributed by atoms with Crippen molar-refractivity contribution >= 4 is 17.2 Å². The third kappa shape index (κ3) is 6.37. The molecule has 0 unspecified atom stereocenters. The Labute approximate surface area is 204 Å². The van der Waals surface area contributed by atoms with Crippen LogP contribution in [0.15, 0.2) is 24.3 Å². The van der Waals surface area contributed by atoms with E-state index < -0.39 is 18.6 Å². The number of pyridine rings is 1. The van der Waals surface area contributed by atoms with E-state index >= 15 is 0 Å². The molecule has 0 aliphatic heterocycles. The number of benzene rings is 1. The third-order valence-corrected chi connectivity index (χ3v) is 6.34. The molecule has 2 heterocycles. The minimum atomic E-state index is -0.885. The number of rotatable bonds is 10. The van der Waals surface area contributed by atoms with Gasteiger partial charge in [0.05, 0.1) is 0 Å². The fourth-order valence-electron chi connectivity index (χ4n) is 3.54. The van der Waals surface area contributed by atoms with Crippen LogP contribution in [0.2, 0.25) is 0 Å². The van der Waals surface area contributed by atoms with Gasteiger partial charge in [-0.25, -0.2) is 0 Å². The average Bonchev–Trinajstić information content (AvgIpc) is 3.31. The van der Waals surface area contributed by atoms with Gasteiger partial charge in [-0.05, 0) is 61.6 Å². The number of aliphatic hydroxyl groups is 2. The van der Waals surface area contributed by atoms with Crippen LogP contribution in [0, 0.1) is 13.8 Å². The molecule has 1 aromatic carbocycles. The van der Waals surface area contributed by atoms with Crippen LogP contribution >= 0.6 is 11.3 Å². The van der Waals surface area contributed by atoms with Crippen molar-refractivity contribution in [3.63, 3.8) is 0 Å². The number of aromatic nitrogens is 3. The molecule has 0 spiro atoms. The first-order chi connectivity index (χ1) is 16.2. The molecule has 1 atom stereocenters. The standard InChI is InChI=1S/C25H32N4O4S/c1-6-17-9-18(7-15(4)23(17)33-13-20(31)11-26-22(32)12-30)24-28-29-25(34-24)19-8-16(5)27-21(10-19)14(2)3/h7-10,14,20,30-31H,6,11-13H2,1-5H3,(H,26,32)/t20-/m0/s1. The SMILES string of the molecule is CCc1cc(-c2nnc(-c3cc(C)nc(C(C)C)c3)s2)cc(C)c1OC[C@@H](O)CNC(=O)CO. The lowest BCUT2D eigenvalue weighted by Crippen LogP contribution is -2.36. The number of nitrogens with one attached hydrogen (secondary N) is 1. The Balaban J connectivity index is 1.80. The van der Waals surface area contributed by atoms with Crippen molar-refractivity contribution in [1.29, 1.82) is 0 Å². The molecule has 3 rings (SSSR count). The highest BCUT2D eigenvalue weighted by Crippen LogP contribution is 2.35. The lowest BCUT2D eigenvalue weighted by Gasteiger charge is -2.17. The van der Waals surface area contributed by atoms with Gasteiger partial charge in [0.25, 0.3) is 0 Å². The van der Waals surface area contributed by atoms with E-state index in [1.54, 1.807) is 11.3 Å². The summed E-state index contributed by atoms with van der Waals surface area (Å²) in [6.07, 6.45) is -0.140. The van der Waals surface area contributed by atoms with E-state index in [-0.39, 0.29) is 13.2 Å². The summed E-state index contributed by atoms with van der Waals surface area (Å²) in [5, 5.41) is 31.8. The molecule has 0 fully saturated rings. The van der Waals surface area contributed by atoms with Gasteiger partial charge >= 0.3 is 0 Å². The first-order valence-electron chi connectivity index (χ1n) is 11.4. The highest BCUT2D eigenvalue weighted by molar-refractivity contribution is 7.17. The first kappa shape index (κ1) is 25.7. The highest BCUT2D eigenvalue weighted by atomic mass is 32.1. The summed E-state index contributed by atoms with van der Waals surface area (Å²) in [6.45, 7) is 9.67. The van der Waals surface area contributed by atoms with Gasteiger partial charge in [0.15, 0.2) is 0 Å². The predicted molar refractivity (Wildman–Crippen MR) is 133 cm³/mol. The molecule has 34 heavy (non-hydrogen) atoms. The second kappa shape index (κ2) is 11.5. The zero-order valence-electron chi connectivity index (χ0n) is 20.3. The molecular weight excluding hydrogens is 452 g/mol. The monoisotopic (exact) mass is 484 g/mol. The molecule has 8 nitrogen and oxygen atoms in total. The largest absolute Gasteiger partial charge is 0.490 e. The van der Waals surface area contributed by atoms with Gasteiger partial charge in [0.1, 0.15) is 35.1 Å². The molecule has 0 bridgehead atoms. The van der Waals surface area contributed by atoms with Crippen molar-refractivity contribution in [1.82, 2.24) is 20.5 Å². The van der Waals surface area contributed by atoms with Gasteiger partial charge in [-0.3, -0.25) is 9.78 Å². The molecule has 0 saturated carbocycles. The van der Waals surface area contributed by atoms with Crippen LogP contribution in [0.4, 0.5) is 0 Å². The maximum Gasteiger partial charge on any atom is 0.245 e. The number of hydrogen-bond donors (Lipinski definition) is 3. The van der Waals surface area contributed by atoms with Crippen molar-refractivity contribution in [3.8, 4) is 26.9 Å². The zero-order chi connectivity index (χ0) is 24.8. The third-order valence-electron chi connectivity index (χ3n) is 5.31. The van der Waals surface area contributed by atoms with E-state index in [1.165, 1.54) is 0 Å². The van der Waals surface area contributed by atoms with Gasteiger partial charge < -0.3 is 20.3 Å². The molecule has 2 aromatic heterocycles. The predicted octanol–water partition coefficient (Wildman–Crippen LogP) is 3.42. The summed E-state index contributed by atoms with van der Waals surface area (Å²) < 4.78 is 5.90. The van der Waals surface area contributed by atoms with Crippen molar-refractivity contribution < 1.29 is 19.7 Å². The molecule has 9 heteroatoms. The smallest absolute Gasteiger partial charge is 0.245 e. The summed E-state index contributed by atoms with van der Waals surface area (Å²) in [7, 11) is 0. The van der Waals surface area contributed by atoms with E-state index in [0.717, 1.165) is 55.8 Å². The lowest BCUT2D eigenvalue weighted by molar-refractivity contribution is -0.124. The highest BCUT2D eigenvalue weighted by Gasteiger charge is 2.16. The van der Waals surface area contributed by atoms with Crippen LogP contribution < -0.4 is 10.1 Å². The summed E-state index contributed by atoms with van der Waals surface area (Å²) in [5.74, 6) is 0.514. The quantitative estimate of drug-likeness (QED) is 0.404. The van der Waals surface area contributed by atoms with Gasteiger partial charge in [-0.15, -0.1) is 10.2 Å². The molecule has 1 amide bonds. The Morgan fingerprint density at radius 3 is 2.41 bits per heavy atom. The Bertz CT molecular complexity index is 1150. The van der Waals surface area contributed by atoms with E-state index in [1.807, 2.05) is 39.0 Å². The van der Waals surface area contributed by atoms with Crippen molar-refractivity contribution in [2.75, 3.05) is 19.8 Å². The van der Waals surface area contributed by atoms with Crippen molar-refractivity contribution in [2.24, 2.45) is 0 Å². The molecule has 182 valence electrons. The number of carbonyl (C=O) groups excluding carboxylic acids is 1. The first-order valence-corrected chi connectivity index (χ1v) is 12.2. The molecule has 3 aromatic rings. The molecule has 0 saturated heterocycles. The number of nitrogens with zero attached hydrogens (tertiary/aromatic N) is 3. The van der Waals surface area contributed by atoms with E-state index in [2.05, 4.69) is 40.4 Å². The minimum absolute atomic E-state index is 0.0124. The fourth-order valence-corrected chi connectivity index (χ4v) is 4.35. The van der Waals surface area contributed by atoms with Crippen LogP contribution in [0.5, 0.6) is 5.75 Å². The normalized spacial score (nSPS) is 12.1. The van der Waals surface area contributed by atoms with Crippen LogP contribution in [0.3, 0.4) is 0 Å². The van der Waals surface area contributed by atoms with Crippen LogP contribution in [0.1, 0.15) is 49.2 Å². The molecule has 0 aliphatic rings. The van der Waals surface area contributed by atoms with Crippen LogP contribution in [0.25, 0.3) is 21.1 Å². The number of ether oxygens (including phenoxy) is 1. The molecule has 3 N–H and O–H groups in total. The second-order valence-corrected chi connectivity index (χ2v) is 9.53. The van der Waals surface area contributed by atoms with E-state index in [0.29, 0.717) is 5.92 Å². The average molecular weight is 485 g/mol. The van der Waals surface area contributed by atoms with E-state index in [9.17, 15) is 9.90 Å². The number of carbonyl (C=O) groups is 1. The molecule has 0 radical (unpaired) electrons. The topological polar surface area (TPSA) is 117 Å². The number of aliphatic hydroxyl groups excluding tert-OH is 2. The van der Waals surface area contributed by atoms with Crippen LogP contribution in [-0.2, 0) is 11.2 Å². The van der Waals surface area contributed by atoms with E-state index in [4.69, 9.17) is 9.84 Å². The van der Waals surface area contributed by atoms with Gasteiger partial charge in [-0.1, -0.05) is 32.1 Å². The Morgan fingerprint density at radius 2 is 1.79 bits per heavy atom. The summed E-state index contributed by atoms with van der Waals surface area (Å²) in [6, 6.07) is 8.17. The van der Waals surface area contributed by atoms with Crippen molar-refractivity contribution in [2.45, 2.75) is 53.1 Å². The number of amides is 1. The Kier molecular flexibility index (Phi) is 8.71. The fraction of sp³-hybridized carbons (Fsp3) is 0.440. The summed E-state index contributed by atoms with van der Waals surface area (Å²) in [5.41, 5.74) is 5.92. The maximum absolute atomic E-state index is 11.1. The Hall–Kier alpha value is -2.88. The minimum Gasteiger partial charge on any atom is -0.490 e. The molecule has 0 aliphatic carbocycles. The molecular formula is C25H32N4O4S. The lowest BCUT2D eigenvalue weighted by atomic mass is 10.0. The van der Waals surface area contributed by atoms with Crippen molar-refractivity contribution in [3.05, 3.63) is 46.8 Å². The van der Waals surface area contributed by atoms with Gasteiger partial charge in [0, 0.05) is 29.1 Å². The Morgan fingerprint density at radius 1 is 1.12 bits per heavy atom. The van der Waals surface area contributed by atoms with Crippen LogP contribution in [-0.4, -0.2) is 57.2 Å². The summed E-state index contributed by atoms with van der Waals surface area (Å²) >= 11 is 1.54. The number of hydrogen-bond acceptors (Lipinski definition) is 8. The summed E-state index contributed by atoms with van der Waals surface area (Å²) in [4.78, 5) is 15.8.